The van der Waals surface area contributed by atoms with E-state index in [-0.39, 0.29) is 11.8 Å². The maximum Gasteiger partial charge on any atom is 0.212 e. The topological polar surface area (TPSA) is 72.2 Å². The van der Waals surface area contributed by atoms with Crippen LogP contribution in [0.5, 0.6) is 0 Å². The standard InChI is InChI=1S/C12H20N2O3S/c1-9(13-2)7-10-8-14-12(17-10)11-5-3-4-6-18(11,15)16/h8-9,11,13H,3-7H2,1-2H3. The molecule has 2 heterocycles. The molecule has 1 aromatic rings. The van der Waals surface area contributed by atoms with E-state index in [2.05, 4.69) is 10.3 Å². The molecule has 1 aliphatic heterocycles. The third kappa shape index (κ3) is 2.92. The van der Waals surface area contributed by atoms with Crippen LogP contribution in [0.15, 0.2) is 10.6 Å². The number of rotatable bonds is 4. The Kier molecular flexibility index (Phi) is 4.07. The Morgan fingerprint density at radius 1 is 1.56 bits per heavy atom. The Balaban J connectivity index is 2.14. The maximum atomic E-state index is 12.0. The monoisotopic (exact) mass is 272 g/mol. The second-order valence-corrected chi connectivity index (χ2v) is 7.21. The van der Waals surface area contributed by atoms with Crippen LogP contribution in [0.4, 0.5) is 0 Å². The van der Waals surface area contributed by atoms with Gasteiger partial charge in [-0.1, -0.05) is 6.42 Å². The van der Waals surface area contributed by atoms with Gasteiger partial charge in [-0.3, -0.25) is 0 Å². The minimum atomic E-state index is -3.07. The first-order valence-corrected chi connectivity index (χ1v) is 8.08. The zero-order chi connectivity index (χ0) is 13.2. The summed E-state index contributed by atoms with van der Waals surface area (Å²) < 4.78 is 29.5. The fraction of sp³-hybridized carbons (Fsp3) is 0.750. The molecule has 0 bridgehead atoms. The number of hydrogen-bond acceptors (Lipinski definition) is 5. The molecule has 18 heavy (non-hydrogen) atoms. The van der Waals surface area contributed by atoms with Gasteiger partial charge in [-0.2, -0.15) is 0 Å². The molecule has 0 aromatic carbocycles. The van der Waals surface area contributed by atoms with Crippen LogP contribution < -0.4 is 5.32 Å². The van der Waals surface area contributed by atoms with Crippen LogP contribution in [-0.2, 0) is 16.3 Å². The van der Waals surface area contributed by atoms with Crippen molar-refractivity contribution in [3.05, 3.63) is 17.8 Å². The molecular weight excluding hydrogens is 252 g/mol. The molecule has 1 aliphatic rings. The van der Waals surface area contributed by atoms with E-state index in [0.29, 0.717) is 12.3 Å². The van der Waals surface area contributed by atoms with Crippen molar-refractivity contribution in [1.82, 2.24) is 10.3 Å². The van der Waals surface area contributed by atoms with Crippen molar-refractivity contribution in [2.75, 3.05) is 12.8 Å². The smallest absolute Gasteiger partial charge is 0.212 e. The second kappa shape index (κ2) is 5.40. The highest BCUT2D eigenvalue weighted by Crippen LogP contribution is 2.32. The molecule has 2 rings (SSSR count). The van der Waals surface area contributed by atoms with Crippen molar-refractivity contribution in [3.8, 4) is 0 Å². The van der Waals surface area contributed by atoms with E-state index >= 15 is 0 Å². The Labute approximate surface area is 108 Å². The predicted octanol–water partition coefficient (Wildman–Crippen LogP) is 1.46. The number of nitrogens with one attached hydrogen (secondary N) is 1. The van der Waals surface area contributed by atoms with Crippen molar-refractivity contribution < 1.29 is 12.8 Å². The number of hydrogen-bond donors (Lipinski definition) is 1. The molecule has 0 radical (unpaired) electrons. The number of sulfone groups is 1. The van der Waals surface area contributed by atoms with Crippen molar-refractivity contribution >= 4 is 9.84 Å². The van der Waals surface area contributed by atoms with Crippen LogP contribution in [0.2, 0.25) is 0 Å². The van der Waals surface area contributed by atoms with Gasteiger partial charge in [0.2, 0.25) is 5.89 Å². The number of nitrogens with zero attached hydrogens (tertiary/aromatic N) is 1. The average Bonchev–Trinajstić information content (AvgIpc) is 2.76. The summed E-state index contributed by atoms with van der Waals surface area (Å²) in [6, 6.07) is 0.286. The lowest BCUT2D eigenvalue weighted by Gasteiger charge is -2.19. The van der Waals surface area contributed by atoms with Gasteiger partial charge in [0.15, 0.2) is 9.84 Å². The van der Waals surface area contributed by atoms with Crippen molar-refractivity contribution in [2.24, 2.45) is 0 Å². The zero-order valence-corrected chi connectivity index (χ0v) is 11.7. The highest BCUT2D eigenvalue weighted by Gasteiger charge is 2.33. The molecule has 5 nitrogen and oxygen atoms in total. The lowest BCUT2D eigenvalue weighted by atomic mass is 10.2. The van der Waals surface area contributed by atoms with E-state index in [1.54, 1.807) is 6.20 Å². The second-order valence-electron chi connectivity index (χ2n) is 4.91. The largest absolute Gasteiger partial charge is 0.444 e. The Bertz CT molecular complexity index is 495. The predicted molar refractivity (Wildman–Crippen MR) is 69.1 cm³/mol. The molecule has 1 saturated heterocycles. The fourth-order valence-corrected chi connectivity index (χ4v) is 4.03. The van der Waals surface area contributed by atoms with Crippen LogP contribution in [0.3, 0.4) is 0 Å². The number of oxazole rings is 1. The van der Waals surface area contributed by atoms with E-state index in [1.165, 1.54) is 0 Å². The van der Waals surface area contributed by atoms with Gasteiger partial charge in [-0.15, -0.1) is 0 Å². The van der Waals surface area contributed by atoms with E-state index in [0.717, 1.165) is 25.0 Å². The van der Waals surface area contributed by atoms with Gasteiger partial charge in [0.1, 0.15) is 11.0 Å². The quantitative estimate of drug-likeness (QED) is 0.898. The van der Waals surface area contributed by atoms with Crippen molar-refractivity contribution in [3.63, 3.8) is 0 Å². The molecule has 1 fully saturated rings. The van der Waals surface area contributed by atoms with Crippen molar-refractivity contribution in [2.45, 2.75) is 43.9 Å². The highest BCUT2D eigenvalue weighted by atomic mass is 32.2. The molecule has 0 amide bonds. The van der Waals surface area contributed by atoms with Crippen molar-refractivity contribution in [1.29, 1.82) is 0 Å². The van der Waals surface area contributed by atoms with Gasteiger partial charge in [0, 0.05) is 12.5 Å². The SMILES string of the molecule is CNC(C)Cc1cnc(C2CCCCS2(=O)=O)o1. The molecule has 6 heteroatoms. The van der Waals surface area contributed by atoms with E-state index in [4.69, 9.17) is 4.42 Å². The van der Waals surface area contributed by atoms with E-state index in [9.17, 15) is 8.42 Å². The first kappa shape index (κ1) is 13.5. The zero-order valence-electron chi connectivity index (χ0n) is 10.8. The van der Waals surface area contributed by atoms with Gasteiger partial charge in [-0.25, -0.2) is 13.4 Å². The first-order chi connectivity index (χ1) is 8.53. The minimum absolute atomic E-state index is 0.252. The van der Waals surface area contributed by atoms with Crippen LogP contribution >= 0.6 is 0 Å². The molecule has 1 aromatic heterocycles. The summed E-state index contributed by atoms with van der Waals surface area (Å²) in [7, 11) is -1.19. The Hall–Kier alpha value is -0.880. The van der Waals surface area contributed by atoms with Gasteiger partial charge >= 0.3 is 0 Å². The third-order valence-electron chi connectivity index (χ3n) is 3.43. The lowest BCUT2D eigenvalue weighted by molar-refractivity contribution is 0.412. The fourth-order valence-electron chi connectivity index (χ4n) is 2.20. The summed E-state index contributed by atoms with van der Waals surface area (Å²) in [6.07, 6.45) is 4.67. The van der Waals surface area contributed by atoms with Gasteiger partial charge in [0.05, 0.1) is 11.9 Å². The molecule has 0 saturated carbocycles. The average molecular weight is 272 g/mol. The summed E-state index contributed by atoms with van der Waals surface area (Å²) in [4.78, 5) is 4.15. The molecule has 2 atom stereocenters. The molecule has 102 valence electrons. The molecule has 2 unspecified atom stereocenters. The van der Waals surface area contributed by atoms with Crippen LogP contribution in [0.1, 0.15) is 43.1 Å². The maximum absolute atomic E-state index is 12.0. The highest BCUT2D eigenvalue weighted by molar-refractivity contribution is 7.91. The number of aromatic nitrogens is 1. The summed E-state index contributed by atoms with van der Waals surface area (Å²) >= 11 is 0. The lowest BCUT2D eigenvalue weighted by Crippen LogP contribution is -2.23. The Morgan fingerprint density at radius 3 is 3.00 bits per heavy atom. The van der Waals surface area contributed by atoms with E-state index < -0.39 is 15.1 Å². The Morgan fingerprint density at radius 2 is 2.33 bits per heavy atom. The molecular formula is C12H20N2O3S. The minimum Gasteiger partial charge on any atom is -0.444 e. The molecule has 1 N–H and O–H groups in total. The van der Waals surface area contributed by atoms with Crippen LogP contribution in [-0.4, -0.2) is 32.2 Å². The summed E-state index contributed by atoms with van der Waals surface area (Å²) in [6.45, 7) is 2.04. The first-order valence-electron chi connectivity index (χ1n) is 6.36. The van der Waals surface area contributed by atoms with Crippen LogP contribution in [0.25, 0.3) is 0 Å². The number of likely N-dealkylation sites (N-methyl/N-ethyl adjacent to an activating group) is 1. The van der Waals surface area contributed by atoms with Gasteiger partial charge in [-0.05, 0) is 26.8 Å². The van der Waals surface area contributed by atoms with Gasteiger partial charge in [0.25, 0.3) is 0 Å². The normalized spacial score (nSPS) is 24.9. The third-order valence-corrected chi connectivity index (χ3v) is 5.59. The summed E-state index contributed by atoms with van der Waals surface area (Å²) in [5.74, 6) is 1.36. The van der Waals surface area contributed by atoms with Gasteiger partial charge < -0.3 is 9.73 Å². The molecule has 0 aliphatic carbocycles. The summed E-state index contributed by atoms with van der Waals surface area (Å²) in [5.41, 5.74) is 0. The summed E-state index contributed by atoms with van der Waals surface area (Å²) in [5, 5.41) is 2.58. The van der Waals surface area contributed by atoms with E-state index in [1.807, 2.05) is 14.0 Å². The molecule has 0 spiro atoms. The van der Waals surface area contributed by atoms with Crippen LogP contribution in [0, 0.1) is 0 Å².